The van der Waals surface area contributed by atoms with E-state index >= 15 is 0 Å². The van der Waals surface area contributed by atoms with Crippen LogP contribution in [0.25, 0.3) is 0 Å². The number of rotatable bonds is 7. The van der Waals surface area contributed by atoms with Crippen LogP contribution in [0.2, 0.25) is 0 Å². The molecular formula is C26H23F2N3O3. The average molecular weight is 463 g/mol. The highest BCUT2D eigenvalue weighted by atomic mass is 19.1. The summed E-state index contributed by atoms with van der Waals surface area (Å²) in [4.78, 5) is 39.2. The fourth-order valence-corrected chi connectivity index (χ4v) is 4.07. The molecule has 1 saturated heterocycles. The number of carbonyl (C=O) groups excluding carboxylic acids is 3. The molecule has 174 valence electrons. The van der Waals surface area contributed by atoms with Gasteiger partial charge in [-0.3, -0.25) is 14.5 Å². The first kappa shape index (κ1) is 23.1. The molecule has 4 rings (SSSR count). The number of carbonyl (C=O) groups is 3. The van der Waals surface area contributed by atoms with E-state index in [0.717, 1.165) is 29.3 Å². The van der Waals surface area contributed by atoms with Crippen LogP contribution in [0.1, 0.15) is 29.7 Å². The van der Waals surface area contributed by atoms with Crippen LogP contribution in [0.15, 0.2) is 78.9 Å². The van der Waals surface area contributed by atoms with Gasteiger partial charge >= 0.3 is 6.03 Å². The quantitative estimate of drug-likeness (QED) is 0.523. The third-order valence-electron chi connectivity index (χ3n) is 5.86. The number of halogens is 2. The summed E-state index contributed by atoms with van der Waals surface area (Å²) in [6.07, 6.45) is 0.503. The van der Waals surface area contributed by atoms with E-state index in [2.05, 4.69) is 10.6 Å². The molecule has 1 aliphatic heterocycles. The van der Waals surface area contributed by atoms with E-state index in [0.29, 0.717) is 11.3 Å². The molecule has 6 nitrogen and oxygen atoms in total. The molecule has 0 aliphatic carbocycles. The van der Waals surface area contributed by atoms with Gasteiger partial charge in [-0.05, 0) is 42.7 Å². The fraction of sp³-hybridized carbons (Fsp3) is 0.192. The first-order chi connectivity index (χ1) is 16.3. The lowest BCUT2D eigenvalue weighted by molar-refractivity contribution is -0.135. The van der Waals surface area contributed by atoms with Crippen molar-refractivity contribution in [2.75, 3.05) is 6.54 Å². The number of hydrogen-bond donors (Lipinski definition) is 2. The monoisotopic (exact) mass is 463 g/mol. The normalized spacial score (nSPS) is 18.5. The van der Waals surface area contributed by atoms with E-state index in [1.807, 2.05) is 60.7 Å². The van der Waals surface area contributed by atoms with Gasteiger partial charge in [0.2, 0.25) is 5.91 Å². The summed E-state index contributed by atoms with van der Waals surface area (Å²) in [7, 11) is 0. The van der Waals surface area contributed by atoms with Crippen molar-refractivity contribution in [1.82, 2.24) is 15.5 Å². The summed E-state index contributed by atoms with van der Waals surface area (Å²) in [5.41, 5.74) is -0.267. The van der Waals surface area contributed by atoms with Gasteiger partial charge in [0.1, 0.15) is 23.7 Å². The highest BCUT2D eigenvalue weighted by Gasteiger charge is 2.51. The smallest absolute Gasteiger partial charge is 0.325 e. The first-order valence-electron chi connectivity index (χ1n) is 10.8. The van der Waals surface area contributed by atoms with Crippen molar-refractivity contribution < 1.29 is 23.2 Å². The molecule has 2 N–H and O–H groups in total. The molecule has 2 atom stereocenters. The van der Waals surface area contributed by atoms with Crippen molar-refractivity contribution in [2.45, 2.75) is 24.9 Å². The summed E-state index contributed by atoms with van der Waals surface area (Å²) >= 11 is 0. The maximum Gasteiger partial charge on any atom is 0.325 e. The van der Waals surface area contributed by atoms with Crippen molar-refractivity contribution in [1.29, 1.82) is 0 Å². The lowest BCUT2D eigenvalue weighted by atomic mass is 9.91. The number of imide groups is 1. The summed E-state index contributed by atoms with van der Waals surface area (Å²) in [6.45, 7) is 0.723. The third-order valence-corrected chi connectivity index (χ3v) is 5.86. The van der Waals surface area contributed by atoms with Gasteiger partial charge in [0.05, 0.1) is 6.04 Å². The second-order valence-corrected chi connectivity index (χ2v) is 8.29. The molecule has 8 heteroatoms. The Kier molecular flexibility index (Phi) is 6.40. The number of benzene rings is 3. The minimum absolute atomic E-state index is 0.306. The predicted octanol–water partition coefficient (Wildman–Crippen LogP) is 3.83. The van der Waals surface area contributed by atoms with Gasteiger partial charge in [-0.25, -0.2) is 13.6 Å². The molecule has 34 heavy (non-hydrogen) atoms. The van der Waals surface area contributed by atoms with Crippen LogP contribution in [-0.2, 0) is 21.5 Å². The van der Waals surface area contributed by atoms with E-state index < -0.39 is 47.6 Å². The SMILES string of the molecule is CC1(c2cc(F)ccc2F)NC(=O)N(CC(=O)NC(Cc2ccccc2)c2ccccc2)C1=O. The van der Waals surface area contributed by atoms with Gasteiger partial charge < -0.3 is 10.6 Å². The zero-order chi connectivity index (χ0) is 24.3. The van der Waals surface area contributed by atoms with Gasteiger partial charge in [-0.15, -0.1) is 0 Å². The van der Waals surface area contributed by atoms with Crippen molar-refractivity contribution in [3.8, 4) is 0 Å². The first-order valence-corrected chi connectivity index (χ1v) is 10.8. The van der Waals surface area contributed by atoms with Gasteiger partial charge in [0, 0.05) is 5.56 Å². The van der Waals surface area contributed by atoms with Gasteiger partial charge in [0.25, 0.3) is 5.91 Å². The van der Waals surface area contributed by atoms with Gasteiger partial charge in [0.15, 0.2) is 0 Å². The highest BCUT2D eigenvalue weighted by Crippen LogP contribution is 2.31. The van der Waals surface area contributed by atoms with Crippen LogP contribution < -0.4 is 10.6 Å². The standard InChI is InChI=1S/C26H23F2N3O3/c1-26(20-15-19(27)12-13-21(20)28)24(33)31(25(34)30-26)16-23(32)29-22(18-10-6-3-7-11-18)14-17-8-4-2-5-9-17/h2-13,15,22H,14,16H2,1H3,(H,29,32)(H,30,34). The molecule has 4 amide bonds. The molecule has 3 aromatic carbocycles. The molecule has 0 bridgehead atoms. The number of nitrogens with zero attached hydrogens (tertiary/aromatic N) is 1. The summed E-state index contributed by atoms with van der Waals surface area (Å²) in [6, 6.07) is 20.3. The van der Waals surface area contributed by atoms with Crippen molar-refractivity contribution >= 4 is 17.8 Å². The average Bonchev–Trinajstić information content (AvgIpc) is 3.05. The zero-order valence-electron chi connectivity index (χ0n) is 18.4. The minimum Gasteiger partial charge on any atom is -0.347 e. The summed E-state index contributed by atoms with van der Waals surface area (Å²) in [5.74, 6) is -2.98. The van der Waals surface area contributed by atoms with E-state index in [1.54, 1.807) is 0 Å². The lowest BCUT2D eigenvalue weighted by Gasteiger charge is -2.23. The van der Waals surface area contributed by atoms with Crippen LogP contribution in [0, 0.1) is 11.6 Å². The zero-order valence-corrected chi connectivity index (χ0v) is 18.4. The third kappa shape index (κ3) is 4.66. The number of urea groups is 1. The summed E-state index contributed by atoms with van der Waals surface area (Å²) < 4.78 is 28.1. The topological polar surface area (TPSA) is 78.5 Å². The maximum absolute atomic E-state index is 14.4. The highest BCUT2D eigenvalue weighted by molar-refractivity contribution is 6.09. The van der Waals surface area contributed by atoms with Crippen LogP contribution >= 0.6 is 0 Å². The van der Waals surface area contributed by atoms with E-state index in [4.69, 9.17) is 0 Å². The number of hydrogen-bond acceptors (Lipinski definition) is 3. The Morgan fingerprint density at radius 3 is 2.32 bits per heavy atom. The second-order valence-electron chi connectivity index (χ2n) is 8.29. The molecule has 2 unspecified atom stereocenters. The largest absolute Gasteiger partial charge is 0.347 e. The molecule has 3 aromatic rings. The van der Waals surface area contributed by atoms with Gasteiger partial charge in [-0.1, -0.05) is 60.7 Å². The Balaban J connectivity index is 1.52. The Morgan fingerprint density at radius 2 is 1.65 bits per heavy atom. The molecule has 1 fully saturated rings. The fourth-order valence-electron chi connectivity index (χ4n) is 4.07. The molecule has 0 radical (unpaired) electrons. The van der Waals surface area contributed by atoms with E-state index in [9.17, 15) is 23.2 Å². The van der Waals surface area contributed by atoms with Crippen molar-refractivity contribution in [3.63, 3.8) is 0 Å². The molecule has 0 saturated carbocycles. The Bertz CT molecular complexity index is 1220. The Hall–Kier alpha value is -4.07. The van der Waals surface area contributed by atoms with Crippen LogP contribution in [0.3, 0.4) is 0 Å². The van der Waals surface area contributed by atoms with Crippen LogP contribution in [0.5, 0.6) is 0 Å². The van der Waals surface area contributed by atoms with E-state index in [1.165, 1.54) is 6.92 Å². The molecule has 1 aliphatic rings. The number of nitrogens with one attached hydrogen (secondary N) is 2. The molecular weight excluding hydrogens is 440 g/mol. The number of amides is 4. The van der Waals surface area contributed by atoms with Crippen molar-refractivity contribution in [3.05, 3.63) is 107 Å². The Morgan fingerprint density at radius 1 is 1.00 bits per heavy atom. The van der Waals surface area contributed by atoms with Gasteiger partial charge in [-0.2, -0.15) is 0 Å². The van der Waals surface area contributed by atoms with Crippen molar-refractivity contribution in [2.24, 2.45) is 0 Å². The summed E-state index contributed by atoms with van der Waals surface area (Å²) in [5, 5.41) is 5.29. The predicted molar refractivity (Wildman–Crippen MR) is 121 cm³/mol. The molecule has 0 spiro atoms. The lowest BCUT2D eigenvalue weighted by Crippen LogP contribution is -2.44. The maximum atomic E-state index is 14.4. The van der Waals surface area contributed by atoms with Crippen LogP contribution in [0.4, 0.5) is 13.6 Å². The minimum atomic E-state index is -1.83. The molecule has 1 heterocycles. The molecule has 0 aromatic heterocycles. The Labute approximate surface area is 195 Å². The van der Waals surface area contributed by atoms with E-state index in [-0.39, 0.29) is 5.56 Å². The van der Waals surface area contributed by atoms with Crippen LogP contribution in [-0.4, -0.2) is 29.3 Å². The second kappa shape index (κ2) is 9.43.